The van der Waals surface area contributed by atoms with Crippen molar-refractivity contribution in [2.75, 3.05) is 13.7 Å². The summed E-state index contributed by atoms with van der Waals surface area (Å²) in [4.78, 5) is 34.5. The number of nitrogens with one attached hydrogen (secondary N) is 1. The number of likely N-dealkylation sites (tertiary alicyclic amines) is 1. The van der Waals surface area contributed by atoms with E-state index in [-0.39, 0.29) is 11.8 Å². The van der Waals surface area contributed by atoms with Crippen molar-refractivity contribution < 1.29 is 19.1 Å². The number of fused-ring (bicyclic) bond motifs is 1. The number of amides is 2. The van der Waals surface area contributed by atoms with Crippen LogP contribution in [0.4, 0.5) is 4.79 Å². The number of imide groups is 1. The molecule has 2 heterocycles. The van der Waals surface area contributed by atoms with E-state index >= 15 is 0 Å². The highest BCUT2D eigenvalue weighted by Gasteiger charge is 2.39. The van der Waals surface area contributed by atoms with Gasteiger partial charge in [0.25, 0.3) is 0 Å². The van der Waals surface area contributed by atoms with E-state index in [2.05, 4.69) is 18.8 Å². The molecule has 2 amide bonds. The lowest BCUT2D eigenvalue weighted by atomic mass is 9.96. The Bertz CT molecular complexity index is 879. The number of ether oxygens (including phenoxy) is 2. The molecule has 146 valence electrons. The minimum atomic E-state index is -0.642. The number of hydrogen-bond acceptors (Lipinski definition) is 5. The number of aromatic amines is 1. The molecule has 0 bridgehead atoms. The largest absolute Gasteiger partial charge is 0.494 e. The summed E-state index contributed by atoms with van der Waals surface area (Å²) in [7, 11) is 1.61. The van der Waals surface area contributed by atoms with Crippen LogP contribution >= 0.6 is 0 Å². The molecule has 0 saturated carbocycles. The molecule has 3 rings (SSSR count). The van der Waals surface area contributed by atoms with Gasteiger partial charge in [0.05, 0.1) is 18.5 Å². The fourth-order valence-electron chi connectivity index (χ4n) is 3.30. The van der Waals surface area contributed by atoms with E-state index in [1.54, 1.807) is 27.9 Å². The summed E-state index contributed by atoms with van der Waals surface area (Å²) in [5.74, 6) is 1.07. The van der Waals surface area contributed by atoms with E-state index < -0.39 is 17.6 Å². The molecule has 1 saturated heterocycles. The number of carbonyl (C=O) groups is 2. The van der Waals surface area contributed by atoms with Crippen LogP contribution in [0.25, 0.3) is 11.0 Å². The van der Waals surface area contributed by atoms with Crippen LogP contribution in [0.1, 0.15) is 64.3 Å². The first kappa shape index (κ1) is 19.2. The Hall–Kier alpha value is -2.57. The van der Waals surface area contributed by atoms with Gasteiger partial charge in [0.2, 0.25) is 5.91 Å². The van der Waals surface area contributed by atoms with Crippen molar-refractivity contribution in [3.8, 4) is 5.75 Å². The topological polar surface area (TPSA) is 84.5 Å². The first-order chi connectivity index (χ1) is 12.6. The van der Waals surface area contributed by atoms with E-state index in [4.69, 9.17) is 14.5 Å². The fraction of sp³-hybridized carbons (Fsp3) is 0.550. The van der Waals surface area contributed by atoms with E-state index in [0.717, 1.165) is 22.4 Å². The van der Waals surface area contributed by atoms with E-state index in [1.165, 1.54) is 4.90 Å². The predicted octanol–water partition coefficient (Wildman–Crippen LogP) is 3.95. The van der Waals surface area contributed by atoms with Crippen LogP contribution < -0.4 is 4.74 Å². The van der Waals surface area contributed by atoms with Crippen LogP contribution in [0.5, 0.6) is 5.75 Å². The molecule has 1 aliphatic rings. The summed E-state index contributed by atoms with van der Waals surface area (Å²) in [5.41, 5.74) is 1.67. The third kappa shape index (κ3) is 3.63. The summed E-state index contributed by atoms with van der Waals surface area (Å²) in [6.07, 6.45) is -0.0479. The molecule has 7 nitrogen and oxygen atoms in total. The molecule has 1 atom stereocenters. The average Bonchev–Trinajstić information content (AvgIpc) is 3.16. The van der Waals surface area contributed by atoms with Crippen molar-refractivity contribution in [3.05, 3.63) is 23.5 Å². The summed E-state index contributed by atoms with van der Waals surface area (Å²) in [6.45, 7) is 9.80. The summed E-state index contributed by atoms with van der Waals surface area (Å²) < 4.78 is 10.8. The third-order valence-electron chi connectivity index (χ3n) is 4.62. The molecule has 7 heteroatoms. The van der Waals surface area contributed by atoms with Gasteiger partial charge >= 0.3 is 6.09 Å². The highest BCUT2D eigenvalue weighted by atomic mass is 16.6. The molecule has 0 spiro atoms. The third-order valence-corrected chi connectivity index (χ3v) is 4.62. The predicted molar refractivity (Wildman–Crippen MR) is 102 cm³/mol. The van der Waals surface area contributed by atoms with Crippen molar-refractivity contribution in [1.82, 2.24) is 14.9 Å². The molecular weight excluding hydrogens is 346 g/mol. The van der Waals surface area contributed by atoms with Crippen molar-refractivity contribution >= 4 is 23.0 Å². The van der Waals surface area contributed by atoms with E-state index in [9.17, 15) is 9.59 Å². The van der Waals surface area contributed by atoms with Gasteiger partial charge in [0.15, 0.2) is 0 Å². The monoisotopic (exact) mass is 373 g/mol. The molecule has 1 N–H and O–H groups in total. The average molecular weight is 373 g/mol. The van der Waals surface area contributed by atoms with Crippen LogP contribution in [0, 0.1) is 0 Å². The van der Waals surface area contributed by atoms with Crippen molar-refractivity contribution in [1.29, 1.82) is 0 Å². The molecule has 1 aromatic carbocycles. The van der Waals surface area contributed by atoms with E-state index in [1.807, 2.05) is 12.1 Å². The number of methoxy groups -OCH3 is 1. The number of hydrogen-bond donors (Lipinski definition) is 1. The molecular formula is C20H27N3O4. The first-order valence-electron chi connectivity index (χ1n) is 9.23. The van der Waals surface area contributed by atoms with Gasteiger partial charge in [0.1, 0.15) is 22.7 Å². The van der Waals surface area contributed by atoms with Crippen LogP contribution in [-0.4, -0.2) is 46.1 Å². The maximum atomic E-state index is 12.9. The number of benzene rings is 1. The van der Waals surface area contributed by atoms with Crippen LogP contribution in [0.3, 0.4) is 0 Å². The zero-order valence-corrected chi connectivity index (χ0v) is 16.8. The Balaban J connectivity index is 1.96. The van der Waals surface area contributed by atoms with Crippen molar-refractivity contribution in [2.24, 2.45) is 0 Å². The van der Waals surface area contributed by atoms with Crippen molar-refractivity contribution in [3.63, 3.8) is 0 Å². The number of aromatic nitrogens is 2. The molecule has 27 heavy (non-hydrogen) atoms. The van der Waals surface area contributed by atoms with Gasteiger partial charge in [-0.3, -0.25) is 4.79 Å². The zero-order valence-electron chi connectivity index (χ0n) is 16.8. The van der Waals surface area contributed by atoms with Gasteiger partial charge in [-0.05, 0) is 38.8 Å². The Morgan fingerprint density at radius 1 is 1.33 bits per heavy atom. The Labute approximate surface area is 159 Å². The molecule has 0 aliphatic carbocycles. The SMILES string of the molecule is COc1ccc(C2CCN(C(=O)OC(C)(C)C)C2=O)c2nc(C(C)C)[nH]c12. The van der Waals surface area contributed by atoms with Gasteiger partial charge in [-0.25, -0.2) is 14.7 Å². The zero-order chi connectivity index (χ0) is 19.9. The number of H-pyrrole nitrogens is 1. The van der Waals surface area contributed by atoms with Gasteiger partial charge in [0, 0.05) is 12.5 Å². The maximum absolute atomic E-state index is 12.9. The summed E-state index contributed by atoms with van der Waals surface area (Å²) in [5, 5.41) is 0. The minimum Gasteiger partial charge on any atom is -0.494 e. The lowest BCUT2D eigenvalue weighted by Gasteiger charge is -2.23. The summed E-state index contributed by atoms with van der Waals surface area (Å²) >= 11 is 0. The van der Waals surface area contributed by atoms with Gasteiger partial charge in [-0.15, -0.1) is 0 Å². The molecule has 0 radical (unpaired) electrons. The highest BCUT2D eigenvalue weighted by Crippen LogP contribution is 2.37. The second-order valence-corrected chi connectivity index (χ2v) is 8.17. The standard InChI is InChI=1S/C20H27N3O4/c1-11(2)17-21-15-12(7-8-14(26-6)16(15)22-17)13-9-10-23(18(13)24)19(25)27-20(3,4)5/h7-8,11,13H,9-10H2,1-6H3,(H,21,22). The van der Waals surface area contributed by atoms with Gasteiger partial charge < -0.3 is 14.5 Å². The minimum absolute atomic E-state index is 0.215. The second-order valence-electron chi connectivity index (χ2n) is 8.17. The van der Waals surface area contributed by atoms with Gasteiger partial charge in [-0.1, -0.05) is 19.9 Å². The number of carbonyl (C=O) groups excluding carboxylic acids is 2. The molecule has 1 aromatic heterocycles. The Morgan fingerprint density at radius 2 is 2.04 bits per heavy atom. The molecule has 1 aliphatic heterocycles. The number of nitrogens with zero attached hydrogens (tertiary/aromatic N) is 2. The fourth-order valence-corrected chi connectivity index (χ4v) is 3.30. The lowest BCUT2D eigenvalue weighted by molar-refractivity contribution is -0.128. The van der Waals surface area contributed by atoms with Crippen LogP contribution in [-0.2, 0) is 9.53 Å². The Morgan fingerprint density at radius 3 is 2.63 bits per heavy atom. The number of rotatable bonds is 3. The Kier molecular flexibility index (Phi) is 4.88. The normalized spacial score (nSPS) is 17.8. The van der Waals surface area contributed by atoms with Crippen LogP contribution in [0.15, 0.2) is 12.1 Å². The lowest BCUT2D eigenvalue weighted by Crippen LogP contribution is -2.38. The smallest absolute Gasteiger partial charge is 0.417 e. The van der Waals surface area contributed by atoms with Crippen LogP contribution in [0.2, 0.25) is 0 Å². The number of imidazole rings is 1. The molecule has 1 unspecified atom stereocenters. The molecule has 1 fully saturated rings. The maximum Gasteiger partial charge on any atom is 0.417 e. The van der Waals surface area contributed by atoms with Gasteiger partial charge in [-0.2, -0.15) is 0 Å². The highest BCUT2D eigenvalue weighted by molar-refractivity contribution is 6.00. The quantitative estimate of drug-likeness (QED) is 0.881. The van der Waals surface area contributed by atoms with Crippen molar-refractivity contribution in [2.45, 2.75) is 58.5 Å². The van der Waals surface area contributed by atoms with E-state index in [0.29, 0.717) is 18.7 Å². The molecule has 2 aromatic rings. The summed E-state index contributed by atoms with van der Waals surface area (Å²) in [6, 6.07) is 3.71. The first-order valence-corrected chi connectivity index (χ1v) is 9.23. The second kappa shape index (κ2) is 6.87.